The molecule has 0 bridgehead atoms. The average Bonchev–Trinajstić information content (AvgIpc) is 2.29. The van der Waals surface area contributed by atoms with Crippen LogP contribution in [0.3, 0.4) is 0 Å². The summed E-state index contributed by atoms with van der Waals surface area (Å²) in [5.41, 5.74) is 7.27. The predicted octanol–water partition coefficient (Wildman–Crippen LogP) is 2.18. The Balaban J connectivity index is 2.90. The highest BCUT2D eigenvalue weighted by Crippen LogP contribution is 2.23. The Hall–Kier alpha value is -0.840. The number of anilines is 1. The Labute approximate surface area is 112 Å². The molecule has 5 heteroatoms. The Kier molecular flexibility index (Phi) is 5.68. The summed E-state index contributed by atoms with van der Waals surface area (Å²) >= 11 is 11.0. The van der Waals surface area contributed by atoms with E-state index in [0.717, 1.165) is 25.2 Å². The lowest BCUT2D eigenvalue weighted by atomic mass is 10.2. The molecule has 3 N–H and O–H groups in total. The molecule has 0 aromatic heterocycles. The number of hydrogen-bond donors (Lipinski definition) is 2. The molecular weight excluding hydrogens is 256 g/mol. The first kappa shape index (κ1) is 14.2. The van der Waals surface area contributed by atoms with E-state index in [-0.39, 0.29) is 6.61 Å². The van der Waals surface area contributed by atoms with Crippen LogP contribution in [-0.2, 0) is 0 Å². The lowest BCUT2D eigenvalue weighted by molar-refractivity contribution is 0.289. The minimum Gasteiger partial charge on any atom is -0.396 e. The number of hydrogen-bond acceptors (Lipinski definition) is 3. The topological polar surface area (TPSA) is 49.5 Å². The molecule has 1 aromatic rings. The van der Waals surface area contributed by atoms with Gasteiger partial charge < -0.3 is 15.7 Å². The molecule has 0 amide bonds. The maximum Gasteiger partial charge on any atom is 0.105 e. The van der Waals surface area contributed by atoms with Gasteiger partial charge in [-0.25, -0.2) is 0 Å². The van der Waals surface area contributed by atoms with E-state index >= 15 is 0 Å². The van der Waals surface area contributed by atoms with Gasteiger partial charge in [-0.2, -0.15) is 0 Å². The van der Waals surface area contributed by atoms with Crippen molar-refractivity contribution in [2.45, 2.75) is 13.3 Å². The third-order valence-corrected chi connectivity index (χ3v) is 3.08. The van der Waals surface area contributed by atoms with Gasteiger partial charge in [0.2, 0.25) is 0 Å². The standard InChI is InChI=1S/C12H17ClN2OS/c1-2-15(6-3-7-16)9-4-5-10(12(14)17)11(13)8-9/h4-5,8,16H,2-3,6-7H2,1H3,(H2,14,17). The van der Waals surface area contributed by atoms with Gasteiger partial charge in [-0.1, -0.05) is 23.8 Å². The first-order valence-electron chi connectivity index (χ1n) is 5.55. The molecule has 0 aliphatic rings. The molecule has 0 fully saturated rings. The molecule has 0 saturated carbocycles. The van der Waals surface area contributed by atoms with Gasteiger partial charge in [0.15, 0.2) is 0 Å². The van der Waals surface area contributed by atoms with Crippen molar-refractivity contribution in [3.05, 3.63) is 28.8 Å². The van der Waals surface area contributed by atoms with Crippen molar-refractivity contribution < 1.29 is 5.11 Å². The lowest BCUT2D eigenvalue weighted by Crippen LogP contribution is -2.24. The molecule has 0 atom stereocenters. The van der Waals surface area contributed by atoms with E-state index in [1.54, 1.807) is 0 Å². The largest absolute Gasteiger partial charge is 0.396 e. The maximum atomic E-state index is 8.84. The van der Waals surface area contributed by atoms with Gasteiger partial charge in [-0.05, 0) is 31.5 Å². The van der Waals surface area contributed by atoms with Gasteiger partial charge in [0.05, 0.1) is 5.02 Å². The summed E-state index contributed by atoms with van der Waals surface area (Å²) in [6.45, 7) is 3.92. The third-order valence-electron chi connectivity index (χ3n) is 2.55. The summed E-state index contributed by atoms with van der Waals surface area (Å²) < 4.78 is 0. The number of nitrogens with two attached hydrogens (primary N) is 1. The summed E-state index contributed by atoms with van der Waals surface area (Å²) in [5.74, 6) is 0. The van der Waals surface area contributed by atoms with E-state index in [1.165, 1.54) is 0 Å². The van der Waals surface area contributed by atoms with Crippen molar-refractivity contribution in [2.24, 2.45) is 5.73 Å². The van der Waals surface area contributed by atoms with Gasteiger partial charge in [0.25, 0.3) is 0 Å². The third kappa shape index (κ3) is 3.84. The smallest absolute Gasteiger partial charge is 0.105 e. The van der Waals surface area contributed by atoms with E-state index in [1.807, 2.05) is 18.2 Å². The van der Waals surface area contributed by atoms with Crippen molar-refractivity contribution >= 4 is 34.5 Å². The van der Waals surface area contributed by atoms with Crippen LogP contribution in [0, 0.1) is 0 Å². The first-order chi connectivity index (χ1) is 8.10. The number of thiocarbonyl (C=S) groups is 1. The molecule has 0 heterocycles. The Morgan fingerprint density at radius 1 is 1.53 bits per heavy atom. The van der Waals surface area contributed by atoms with Crippen LogP contribution in [0.2, 0.25) is 5.02 Å². The lowest BCUT2D eigenvalue weighted by Gasteiger charge is -2.23. The highest BCUT2D eigenvalue weighted by molar-refractivity contribution is 7.80. The molecule has 17 heavy (non-hydrogen) atoms. The highest BCUT2D eigenvalue weighted by atomic mass is 35.5. The van der Waals surface area contributed by atoms with E-state index in [9.17, 15) is 0 Å². The molecular formula is C12H17ClN2OS. The summed E-state index contributed by atoms with van der Waals surface area (Å²) in [5, 5.41) is 9.41. The summed E-state index contributed by atoms with van der Waals surface area (Å²) in [4.78, 5) is 2.45. The van der Waals surface area contributed by atoms with Gasteiger partial charge in [0, 0.05) is 30.9 Å². The second kappa shape index (κ2) is 6.79. The SMILES string of the molecule is CCN(CCCO)c1ccc(C(N)=S)c(Cl)c1. The molecule has 0 saturated heterocycles. The second-order valence-corrected chi connectivity index (χ2v) is 4.53. The monoisotopic (exact) mass is 272 g/mol. The highest BCUT2D eigenvalue weighted by Gasteiger charge is 2.08. The number of rotatable bonds is 6. The van der Waals surface area contributed by atoms with Gasteiger partial charge in [-0.3, -0.25) is 0 Å². The second-order valence-electron chi connectivity index (χ2n) is 3.69. The van der Waals surface area contributed by atoms with Crippen LogP contribution in [0.25, 0.3) is 0 Å². The zero-order chi connectivity index (χ0) is 12.8. The predicted molar refractivity (Wildman–Crippen MR) is 76.9 cm³/mol. The van der Waals surface area contributed by atoms with Crippen LogP contribution in [0.1, 0.15) is 18.9 Å². The Morgan fingerprint density at radius 2 is 2.24 bits per heavy atom. The van der Waals surface area contributed by atoms with E-state index < -0.39 is 0 Å². The van der Waals surface area contributed by atoms with Gasteiger partial charge in [-0.15, -0.1) is 0 Å². The van der Waals surface area contributed by atoms with Crippen LogP contribution >= 0.6 is 23.8 Å². The van der Waals surface area contributed by atoms with Gasteiger partial charge >= 0.3 is 0 Å². The van der Waals surface area contributed by atoms with Crippen LogP contribution in [0.4, 0.5) is 5.69 Å². The van der Waals surface area contributed by atoms with Crippen molar-refractivity contribution in [3.63, 3.8) is 0 Å². The minimum atomic E-state index is 0.190. The van der Waals surface area contributed by atoms with Crippen molar-refractivity contribution in [1.29, 1.82) is 0 Å². The quantitative estimate of drug-likeness (QED) is 0.780. The maximum absolute atomic E-state index is 8.84. The molecule has 0 unspecified atom stereocenters. The fourth-order valence-corrected chi connectivity index (χ4v) is 2.14. The molecule has 0 aliphatic heterocycles. The van der Waals surface area contributed by atoms with Crippen LogP contribution in [0.15, 0.2) is 18.2 Å². The molecule has 0 aliphatic carbocycles. The molecule has 94 valence electrons. The Morgan fingerprint density at radius 3 is 2.71 bits per heavy atom. The fraction of sp³-hybridized carbons (Fsp3) is 0.417. The van der Waals surface area contributed by atoms with E-state index in [0.29, 0.717) is 15.6 Å². The summed E-state index contributed by atoms with van der Waals surface area (Å²) in [6, 6.07) is 5.64. The number of nitrogens with zero attached hydrogens (tertiary/aromatic N) is 1. The average molecular weight is 273 g/mol. The molecule has 3 nitrogen and oxygen atoms in total. The van der Waals surface area contributed by atoms with E-state index in [4.69, 9.17) is 34.7 Å². The number of benzene rings is 1. The molecule has 1 aromatic carbocycles. The minimum absolute atomic E-state index is 0.190. The van der Waals surface area contributed by atoms with Crippen molar-refractivity contribution in [3.8, 4) is 0 Å². The first-order valence-corrected chi connectivity index (χ1v) is 6.34. The van der Waals surface area contributed by atoms with Crippen LogP contribution in [-0.4, -0.2) is 29.8 Å². The fourth-order valence-electron chi connectivity index (χ4n) is 1.63. The van der Waals surface area contributed by atoms with Crippen molar-refractivity contribution in [2.75, 3.05) is 24.6 Å². The summed E-state index contributed by atoms with van der Waals surface area (Å²) in [6.07, 6.45) is 0.739. The summed E-state index contributed by atoms with van der Waals surface area (Å²) in [7, 11) is 0. The molecule has 0 spiro atoms. The normalized spacial score (nSPS) is 10.3. The number of aliphatic hydroxyl groups is 1. The Bertz CT molecular complexity index is 398. The van der Waals surface area contributed by atoms with Crippen LogP contribution < -0.4 is 10.6 Å². The number of aliphatic hydroxyl groups excluding tert-OH is 1. The number of halogens is 1. The zero-order valence-corrected chi connectivity index (χ0v) is 11.4. The molecule has 1 rings (SSSR count). The molecule has 0 radical (unpaired) electrons. The van der Waals surface area contributed by atoms with E-state index in [2.05, 4.69) is 11.8 Å². The van der Waals surface area contributed by atoms with Crippen LogP contribution in [0.5, 0.6) is 0 Å². The van der Waals surface area contributed by atoms with Gasteiger partial charge in [0.1, 0.15) is 4.99 Å². The zero-order valence-electron chi connectivity index (χ0n) is 9.82. The van der Waals surface area contributed by atoms with Crippen molar-refractivity contribution in [1.82, 2.24) is 0 Å².